The molecular formula is C13H15N5. The first-order valence-corrected chi connectivity index (χ1v) is 5.87. The summed E-state index contributed by atoms with van der Waals surface area (Å²) in [4.78, 5) is 3.88. The Bertz CT molecular complexity index is 546. The maximum absolute atomic E-state index is 8.68. The highest BCUT2D eigenvalue weighted by Crippen LogP contribution is 2.17. The van der Waals surface area contributed by atoms with Crippen molar-refractivity contribution in [3.05, 3.63) is 42.0 Å². The second-order valence-corrected chi connectivity index (χ2v) is 3.97. The van der Waals surface area contributed by atoms with E-state index in [0.29, 0.717) is 6.04 Å². The Morgan fingerprint density at radius 2 is 2.11 bits per heavy atom. The van der Waals surface area contributed by atoms with Gasteiger partial charge in [0.1, 0.15) is 12.4 Å². The minimum atomic E-state index is 0.181. The van der Waals surface area contributed by atoms with Gasteiger partial charge < -0.3 is 5.32 Å². The first-order valence-electron chi connectivity index (χ1n) is 5.87. The van der Waals surface area contributed by atoms with E-state index in [1.165, 1.54) is 5.56 Å². The average molecular weight is 241 g/mol. The van der Waals surface area contributed by atoms with E-state index in [0.717, 1.165) is 12.1 Å². The molecule has 0 bridgehead atoms. The molecule has 1 unspecified atom stereocenters. The summed E-state index contributed by atoms with van der Waals surface area (Å²) in [6.45, 7) is 2.14. The van der Waals surface area contributed by atoms with Crippen molar-refractivity contribution in [3.8, 4) is 11.8 Å². The van der Waals surface area contributed by atoms with Gasteiger partial charge in [-0.3, -0.25) is 0 Å². The lowest BCUT2D eigenvalue weighted by Crippen LogP contribution is -2.15. The molecule has 5 heteroatoms. The smallest absolute Gasteiger partial charge is 0.252 e. The lowest BCUT2D eigenvalue weighted by atomic mass is 10.0. The van der Waals surface area contributed by atoms with Crippen LogP contribution in [0.3, 0.4) is 0 Å². The molecule has 0 fully saturated rings. The van der Waals surface area contributed by atoms with Crippen molar-refractivity contribution in [2.24, 2.45) is 0 Å². The second-order valence-electron chi connectivity index (χ2n) is 3.97. The van der Waals surface area contributed by atoms with Crippen LogP contribution >= 0.6 is 0 Å². The Morgan fingerprint density at radius 3 is 2.61 bits per heavy atom. The van der Waals surface area contributed by atoms with Crippen LogP contribution in [0.15, 0.2) is 30.6 Å². The predicted molar refractivity (Wildman–Crippen MR) is 68.2 cm³/mol. The van der Waals surface area contributed by atoms with Gasteiger partial charge in [0.25, 0.3) is 5.82 Å². The van der Waals surface area contributed by atoms with E-state index in [1.54, 1.807) is 11.0 Å². The molecule has 1 heterocycles. The second kappa shape index (κ2) is 5.43. The van der Waals surface area contributed by atoms with Crippen molar-refractivity contribution < 1.29 is 0 Å². The van der Waals surface area contributed by atoms with Gasteiger partial charge >= 0.3 is 0 Å². The summed E-state index contributed by atoms with van der Waals surface area (Å²) in [7, 11) is 1.96. The van der Waals surface area contributed by atoms with E-state index in [1.807, 2.05) is 25.2 Å². The minimum absolute atomic E-state index is 0.181. The number of nitrogens with one attached hydrogen (secondary N) is 1. The number of hydrogen-bond acceptors (Lipinski definition) is 4. The highest BCUT2D eigenvalue weighted by atomic mass is 15.3. The zero-order valence-corrected chi connectivity index (χ0v) is 10.5. The fourth-order valence-corrected chi connectivity index (χ4v) is 1.90. The molecule has 1 N–H and O–H groups in total. The zero-order valence-electron chi connectivity index (χ0n) is 10.5. The number of hydrogen-bond donors (Lipinski definition) is 1. The first kappa shape index (κ1) is 12.3. The summed E-state index contributed by atoms with van der Waals surface area (Å²) >= 11 is 0. The van der Waals surface area contributed by atoms with Crippen LogP contribution in [0, 0.1) is 11.3 Å². The van der Waals surface area contributed by atoms with Crippen molar-refractivity contribution in [3.63, 3.8) is 0 Å². The molecule has 1 aromatic heterocycles. The van der Waals surface area contributed by atoms with Crippen molar-refractivity contribution in [1.82, 2.24) is 20.1 Å². The molecule has 1 atom stereocenters. The average Bonchev–Trinajstić information content (AvgIpc) is 2.90. The molecule has 0 saturated heterocycles. The standard InChI is InChI=1S/C13H15N5/c1-3-12(15-2)10-4-6-11(7-5-10)18-9-16-13(8-14)17-18/h4-7,9,12,15H,3H2,1-2H3. The van der Waals surface area contributed by atoms with E-state index in [2.05, 4.69) is 34.5 Å². The van der Waals surface area contributed by atoms with Crippen molar-refractivity contribution in [1.29, 1.82) is 5.26 Å². The molecule has 0 spiro atoms. The van der Waals surface area contributed by atoms with E-state index in [-0.39, 0.29) is 5.82 Å². The largest absolute Gasteiger partial charge is 0.313 e. The minimum Gasteiger partial charge on any atom is -0.313 e. The molecule has 2 rings (SSSR count). The molecule has 1 aromatic carbocycles. The zero-order chi connectivity index (χ0) is 13.0. The van der Waals surface area contributed by atoms with Crippen LogP contribution < -0.4 is 5.32 Å². The maximum Gasteiger partial charge on any atom is 0.252 e. The Kier molecular flexibility index (Phi) is 3.70. The topological polar surface area (TPSA) is 66.5 Å². The molecule has 0 aliphatic heterocycles. The van der Waals surface area contributed by atoms with Crippen LogP contribution in [0.1, 0.15) is 30.8 Å². The SMILES string of the molecule is CCC(NC)c1ccc(-n2cnc(C#N)n2)cc1. The third-order valence-corrected chi connectivity index (χ3v) is 2.91. The van der Waals surface area contributed by atoms with E-state index in [4.69, 9.17) is 5.26 Å². The lowest BCUT2D eigenvalue weighted by molar-refractivity contribution is 0.577. The van der Waals surface area contributed by atoms with Gasteiger partial charge in [-0.15, -0.1) is 5.10 Å². The fourth-order valence-electron chi connectivity index (χ4n) is 1.90. The van der Waals surface area contributed by atoms with E-state index < -0.39 is 0 Å². The van der Waals surface area contributed by atoms with Gasteiger partial charge in [-0.1, -0.05) is 19.1 Å². The number of nitrogens with zero attached hydrogens (tertiary/aromatic N) is 4. The molecule has 2 aromatic rings. The summed E-state index contributed by atoms with van der Waals surface area (Å²) in [6.07, 6.45) is 2.58. The predicted octanol–water partition coefficient (Wildman–Crippen LogP) is 1.81. The van der Waals surface area contributed by atoms with Crippen molar-refractivity contribution in [2.75, 3.05) is 7.05 Å². The van der Waals surface area contributed by atoms with Crippen LogP contribution in [0.5, 0.6) is 0 Å². The molecule has 0 aliphatic carbocycles. The number of nitriles is 1. The number of benzene rings is 1. The molecule has 18 heavy (non-hydrogen) atoms. The monoisotopic (exact) mass is 241 g/mol. The molecule has 0 aliphatic rings. The lowest BCUT2D eigenvalue weighted by Gasteiger charge is -2.14. The number of aromatic nitrogens is 3. The van der Waals surface area contributed by atoms with Gasteiger partial charge in [0.15, 0.2) is 0 Å². The third-order valence-electron chi connectivity index (χ3n) is 2.91. The van der Waals surface area contributed by atoms with Gasteiger partial charge in [-0.2, -0.15) is 5.26 Å². The molecule has 5 nitrogen and oxygen atoms in total. The summed E-state index contributed by atoms with van der Waals surface area (Å²) in [5, 5.41) is 16.0. The van der Waals surface area contributed by atoms with Gasteiger partial charge in [0.05, 0.1) is 5.69 Å². The molecule has 0 amide bonds. The maximum atomic E-state index is 8.68. The Balaban J connectivity index is 2.24. The van der Waals surface area contributed by atoms with Gasteiger partial charge in [-0.25, -0.2) is 9.67 Å². The first-order chi connectivity index (χ1) is 8.78. The Hall–Kier alpha value is -2.19. The van der Waals surface area contributed by atoms with Crippen LogP contribution in [-0.4, -0.2) is 21.8 Å². The summed E-state index contributed by atoms with van der Waals surface area (Å²) in [5.74, 6) is 0.181. The van der Waals surface area contributed by atoms with E-state index in [9.17, 15) is 0 Å². The third kappa shape index (κ3) is 2.39. The molecule has 92 valence electrons. The van der Waals surface area contributed by atoms with Crippen LogP contribution in [0.25, 0.3) is 5.69 Å². The molecule has 0 saturated carbocycles. The van der Waals surface area contributed by atoms with Crippen molar-refractivity contribution >= 4 is 0 Å². The fraction of sp³-hybridized carbons (Fsp3) is 0.308. The Labute approximate surface area is 106 Å². The van der Waals surface area contributed by atoms with E-state index >= 15 is 0 Å². The normalized spacial score (nSPS) is 12.1. The van der Waals surface area contributed by atoms with Crippen LogP contribution in [-0.2, 0) is 0 Å². The highest BCUT2D eigenvalue weighted by Gasteiger charge is 2.07. The highest BCUT2D eigenvalue weighted by molar-refractivity contribution is 5.35. The van der Waals surface area contributed by atoms with Crippen LogP contribution in [0.4, 0.5) is 0 Å². The van der Waals surface area contributed by atoms with Crippen molar-refractivity contribution in [2.45, 2.75) is 19.4 Å². The van der Waals surface area contributed by atoms with Gasteiger partial charge in [0, 0.05) is 6.04 Å². The summed E-state index contributed by atoms with van der Waals surface area (Å²) in [6, 6.07) is 10.4. The van der Waals surface area contributed by atoms with Gasteiger partial charge in [-0.05, 0) is 31.2 Å². The Morgan fingerprint density at radius 1 is 1.39 bits per heavy atom. The summed E-state index contributed by atoms with van der Waals surface area (Å²) < 4.78 is 1.60. The molecular weight excluding hydrogens is 226 g/mol. The van der Waals surface area contributed by atoms with Crippen LogP contribution in [0.2, 0.25) is 0 Å². The number of rotatable bonds is 4. The van der Waals surface area contributed by atoms with Gasteiger partial charge in [0.2, 0.25) is 0 Å². The quantitative estimate of drug-likeness (QED) is 0.886. The summed E-state index contributed by atoms with van der Waals surface area (Å²) in [5.41, 5.74) is 2.14. The molecule has 0 radical (unpaired) electrons.